The largest absolute Gasteiger partial charge is 0.326 e. The summed E-state index contributed by atoms with van der Waals surface area (Å²) in [6.07, 6.45) is 2.34. The fourth-order valence-corrected chi connectivity index (χ4v) is 3.99. The van der Waals surface area contributed by atoms with Gasteiger partial charge in [0.25, 0.3) is 0 Å². The highest BCUT2D eigenvalue weighted by Crippen LogP contribution is 2.32. The molecule has 1 saturated heterocycles. The van der Waals surface area contributed by atoms with Gasteiger partial charge in [0, 0.05) is 19.1 Å². The molecular formula is C9H18N2O2S. The second-order valence-electron chi connectivity index (χ2n) is 4.70. The van der Waals surface area contributed by atoms with E-state index in [1.54, 1.807) is 4.31 Å². The van der Waals surface area contributed by atoms with Gasteiger partial charge in [0.05, 0.1) is 5.75 Å². The molecule has 0 aromatic heterocycles. The van der Waals surface area contributed by atoms with Crippen molar-refractivity contribution in [3.05, 3.63) is 0 Å². The molecule has 1 aliphatic heterocycles. The lowest BCUT2D eigenvalue weighted by molar-refractivity contribution is 0.370. The van der Waals surface area contributed by atoms with Gasteiger partial charge in [-0.15, -0.1) is 0 Å². The first kappa shape index (κ1) is 10.4. The highest BCUT2D eigenvalue weighted by molar-refractivity contribution is 7.89. The monoisotopic (exact) mass is 218 g/mol. The molecule has 0 radical (unpaired) electrons. The molecule has 2 aliphatic rings. The van der Waals surface area contributed by atoms with Gasteiger partial charge in [-0.2, -0.15) is 0 Å². The summed E-state index contributed by atoms with van der Waals surface area (Å²) in [7, 11) is -2.98. The van der Waals surface area contributed by atoms with E-state index < -0.39 is 10.0 Å². The minimum atomic E-state index is -2.98. The summed E-state index contributed by atoms with van der Waals surface area (Å²) >= 11 is 0. The fraction of sp³-hybridized carbons (Fsp3) is 1.00. The molecule has 1 heterocycles. The van der Waals surface area contributed by atoms with Crippen LogP contribution in [0.5, 0.6) is 0 Å². The molecule has 1 saturated carbocycles. The number of rotatable bonds is 3. The first-order chi connectivity index (χ1) is 6.49. The normalized spacial score (nSPS) is 34.6. The van der Waals surface area contributed by atoms with Gasteiger partial charge in [-0.25, -0.2) is 12.7 Å². The molecule has 0 spiro atoms. The summed E-state index contributed by atoms with van der Waals surface area (Å²) in [6, 6.07) is 0.0510. The molecular weight excluding hydrogens is 200 g/mol. The maximum atomic E-state index is 11.6. The Morgan fingerprint density at radius 3 is 2.57 bits per heavy atom. The van der Waals surface area contributed by atoms with Crippen LogP contribution in [0.15, 0.2) is 0 Å². The lowest BCUT2D eigenvalue weighted by Crippen LogP contribution is -2.39. The molecule has 2 atom stereocenters. The maximum absolute atomic E-state index is 11.6. The van der Waals surface area contributed by atoms with Crippen LogP contribution in [0.4, 0.5) is 0 Å². The van der Waals surface area contributed by atoms with Gasteiger partial charge in [0.2, 0.25) is 10.0 Å². The van der Waals surface area contributed by atoms with Crippen LogP contribution in [0.2, 0.25) is 0 Å². The highest BCUT2D eigenvalue weighted by atomic mass is 32.2. The summed E-state index contributed by atoms with van der Waals surface area (Å²) < 4.78 is 24.8. The summed E-state index contributed by atoms with van der Waals surface area (Å²) in [4.78, 5) is 0. The van der Waals surface area contributed by atoms with Gasteiger partial charge in [0.15, 0.2) is 0 Å². The number of hydrogen-bond donors (Lipinski definition) is 1. The van der Waals surface area contributed by atoms with Crippen LogP contribution < -0.4 is 5.73 Å². The number of nitrogens with zero attached hydrogens (tertiary/aromatic N) is 1. The Kier molecular flexibility index (Phi) is 2.57. The Balaban J connectivity index is 1.96. The average Bonchev–Trinajstić information content (AvgIpc) is 2.80. The highest BCUT2D eigenvalue weighted by Gasteiger charge is 2.37. The van der Waals surface area contributed by atoms with Gasteiger partial charge >= 0.3 is 0 Å². The predicted octanol–water partition coefficient (Wildman–Crippen LogP) is 0.00520. The average molecular weight is 218 g/mol. The Labute approximate surface area is 85.5 Å². The second-order valence-corrected chi connectivity index (χ2v) is 6.72. The molecule has 0 amide bonds. The predicted molar refractivity (Wildman–Crippen MR) is 55.2 cm³/mol. The van der Waals surface area contributed by atoms with Crippen LogP contribution in [0.3, 0.4) is 0 Å². The molecule has 2 N–H and O–H groups in total. The van der Waals surface area contributed by atoms with Gasteiger partial charge in [-0.05, 0) is 24.7 Å². The van der Waals surface area contributed by atoms with E-state index in [0.29, 0.717) is 24.8 Å². The second kappa shape index (κ2) is 3.47. The third kappa shape index (κ3) is 2.10. The SMILES string of the molecule is CC1CN(CC(N)C2CC2)S(=O)(=O)C1. The standard InChI is InChI=1S/C9H18N2O2S/c1-7-4-11(14(12,13)6-7)5-9(10)8-2-3-8/h7-9H,2-6,10H2,1H3. The first-order valence-electron chi connectivity index (χ1n) is 5.22. The number of hydrogen-bond acceptors (Lipinski definition) is 3. The van der Waals surface area contributed by atoms with Crippen molar-refractivity contribution in [1.29, 1.82) is 0 Å². The van der Waals surface area contributed by atoms with Crippen LogP contribution in [-0.4, -0.2) is 37.6 Å². The smallest absolute Gasteiger partial charge is 0.214 e. The quantitative estimate of drug-likeness (QED) is 0.725. The lowest BCUT2D eigenvalue weighted by Gasteiger charge is -2.19. The molecule has 0 aromatic carbocycles. The van der Waals surface area contributed by atoms with Crippen molar-refractivity contribution in [2.75, 3.05) is 18.8 Å². The number of nitrogens with two attached hydrogens (primary N) is 1. The summed E-state index contributed by atoms with van der Waals surface area (Å²) in [6.45, 7) is 3.15. The Morgan fingerprint density at radius 1 is 1.50 bits per heavy atom. The van der Waals surface area contributed by atoms with E-state index in [1.165, 1.54) is 12.8 Å². The van der Waals surface area contributed by atoms with E-state index in [1.807, 2.05) is 6.92 Å². The minimum Gasteiger partial charge on any atom is -0.326 e. The topological polar surface area (TPSA) is 63.4 Å². The van der Waals surface area contributed by atoms with Gasteiger partial charge in [0.1, 0.15) is 0 Å². The maximum Gasteiger partial charge on any atom is 0.214 e. The van der Waals surface area contributed by atoms with Crippen LogP contribution >= 0.6 is 0 Å². The van der Waals surface area contributed by atoms with Crippen molar-refractivity contribution in [1.82, 2.24) is 4.31 Å². The molecule has 4 nitrogen and oxygen atoms in total. The zero-order chi connectivity index (χ0) is 10.3. The summed E-state index contributed by atoms with van der Waals surface area (Å²) in [5, 5.41) is 0. The van der Waals surface area contributed by atoms with Crippen molar-refractivity contribution in [2.45, 2.75) is 25.8 Å². The van der Waals surface area contributed by atoms with E-state index in [9.17, 15) is 8.42 Å². The Bertz CT molecular complexity index is 311. The van der Waals surface area contributed by atoms with E-state index in [4.69, 9.17) is 5.73 Å². The van der Waals surface area contributed by atoms with Crippen molar-refractivity contribution in [3.63, 3.8) is 0 Å². The number of sulfonamides is 1. The van der Waals surface area contributed by atoms with Crippen LogP contribution in [0, 0.1) is 11.8 Å². The molecule has 2 rings (SSSR count). The Hall–Kier alpha value is -0.130. The lowest BCUT2D eigenvalue weighted by atomic mass is 10.2. The van der Waals surface area contributed by atoms with E-state index in [2.05, 4.69) is 0 Å². The van der Waals surface area contributed by atoms with Gasteiger partial charge in [-0.3, -0.25) is 0 Å². The van der Waals surface area contributed by atoms with Crippen LogP contribution in [-0.2, 0) is 10.0 Å². The van der Waals surface area contributed by atoms with Crippen molar-refractivity contribution >= 4 is 10.0 Å². The van der Waals surface area contributed by atoms with E-state index in [-0.39, 0.29) is 12.0 Å². The molecule has 5 heteroatoms. The van der Waals surface area contributed by atoms with Crippen molar-refractivity contribution in [3.8, 4) is 0 Å². The third-order valence-electron chi connectivity index (χ3n) is 3.05. The molecule has 1 aliphatic carbocycles. The molecule has 82 valence electrons. The first-order valence-corrected chi connectivity index (χ1v) is 6.83. The molecule has 14 heavy (non-hydrogen) atoms. The molecule has 0 bridgehead atoms. The summed E-state index contributed by atoms with van der Waals surface area (Å²) in [5.74, 6) is 1.12. The molecule has 2 unspecified atom stereocenters. The van der Waals surface area contributed by atoms with Crippen molar-refractivity contribution < 1.29 is 8.42 Å². The zero-order valence-corrected chi connectivity index (χ0v) is 9.33. The summed E-state index contributed by atoms with van der Waals surface area (Å²) in [5.41, 5.74) is 5.92. The van der Waals surface area contributed by atoms with E-state index in [0.717, 1.165) is 0 Å². The molecule has 2 fully saturated rings. The van der Waals surface area contributed by atoms with Crippen LogP contribution in [0.25, 0.3) is 0 Å². The Morgan fingerprint density at radius 2 is 2.14 bits per heavy atom. The van der Waals surface area contributed by atoms with E-state index >= 15 is 0 Å². The third-order valence-corrected chi connectivity index (χ3v) is 5.12. The van der Waals surface area contributed by atoms with Crippen LogP contribution in [0.1, 0.15) is 19.8 Å². The minimum absolute atomic E-state index is 0.0510. The van der Waals surface area contributed by atoms with Crippen molar-refractivity contribution in [2.24, 2.45) is 17.6 Å². The van der Waals surface area contributed by atoms with Gasteiger partial charge < -0.3 is 5.73 Å². The zero-order valence-electron chi connectivity index (χ0n) is 8.52. The molecule has 0 aromatic rings. The fourth-order valence-electron chi connectivity index (χ4n) is 2.08. The van der Waals surface area contributed by atoms with Gasteiger partial charge in [-0.1, -0.05) is 6.92 Å².